The van der Waals surface area contributed by atoms with Crippen molar-refractivity contribution < 1.29 is 34.7 Å². The van der Waals surface area contributed by atoms with E-state index >= 15 is 0 Å². The molecule has 0 amide bonds. The van der Waals surface area contributed by atoms with Crippen LogP contribution in [0.4, 0.5) is 0 Å². The summed E-state index contributed by atoms with van der Waals surface area (Å²) in [6.07, 6.45) is -7.37. The molecule has 4 heterocycles. The molecule has 20 heavy (non-hydrogen) atoms. The maximum Gasteiger partial charge on any atom is 0.312 e. The summed E-state index contributed by atoms with van der Waals surface area (Å²) in [6.45, 7) is 0. The third-order valence-corrected chi connectivity index (χ3v) is 4.54. The van der Waals surface area contributed by atoms with Crippen LogP contribution in [0.15, 0.2) is 4.99 Å². The quantitative estimate of drug-likeness (QED) is 0.256. The number of aliphatic hydroxyl groups excluding tert-OH is 3. The molecule has 10 nitrogen and oxygen atoms in total. The van der Waals surface area contributed by atoms with Crippen LogP contribution < -0.4 is 11.1 Å². The van der Waals surface area contributed by atoms with Crippen LogP contribution in [0.3, 0.4) is 0 Å². The molecule has 4 fully saturated rings. The summed E-state index contributed by atoms with van der Waals surface area (Å²) in [7, 11) is 0. The first-order valence-corrected chi connectivity index (χ1v) is 6.08. The smallest absolute Gasteiger partial charge is 0.312 e. The van der Waals surface area contributed by atoms with Crippen molar-refractivity contribution in [1.29, 1.82) is 0 Å². The van der Waals surface area contributed by atoms with Gasteiger partial charge in [0.2, 0.25) is 0 Å². The van der Waals surface area contributed by atoms with E-state index < -0.39 is 53.9 Å². The summed E-state index contributed by atoms with van der Waals surface area (Å²) in [4.78, 5) is 15.8. The van der Waals surface area contributed by atoms with Gasteiger partial charge in [-0.1, -0.05) is 0 Å². The summed E-state index contributed by atoms with van der Waals surface area (Å²) < 4.78 is 10.0. The Morgan fingerprint density at radius 3 is 2.60 bits per heavy atom. The molecule has 3 saturated heterocycles. The number of nitrogens with one attached hydrogen (secondary N) is 1. The normalized spacial score (nSPS) is 60.0. The van der Waals surface area contributed by atoms with Gasteiger partial charge in [0.15, 0.2) is 30.2 Å². The highest BCUT2D eigenvalue weighted by atomic mass is 16.9. The molecule has 0 unspecified atom stereocenters. The average Bonchev–Trinajstić information content (AvgIpc) is 2.36. The fourth-order valence-electron chi connectivity index (χ4n) is 3.72. The number of carbonyl (C=O) groups is 1. The maximum atomic E-state index is 12.1. The maximum absolute atomic E-state index is 12.1. The van der Waals surface area contributed by atoms with E-state index in [9.17, 15) is 25.2 Å². The predicted molar refractivity (Wildman–Crippen MR) is 58.7 cm³/mol. The highest BCUT2D eigenvalue weighted by Gasteiger charge is 2.79. The van der Waals surface area contributed by atoms with Crippen molar-refractivity contribution in [2.75, 3.05) is 0 Å². The number of rotatable bonds is 0. The minimum absolute atomic E-state index is 0.218. The molecule has 110 valence electrons. The van der Waals surface area contributed by atoms with E-state index in [4.69, 9.17) is 15.2 Å². The predicted octanol–water partition coefficient (Wildman–Crippen LogP) is -4.67. The number of nitrogens with zero attached hydrogens (tertiary/aromatic N) is 1. The highest BCUT2D eigenvalue weighted by Crippen LogP contribution is 2.54. The molecule has 1 saturated carbocycles. The molecule has 1 spiro atoms. The Bertz CT molecular complexity index is 541. The molecule has 8 atom stereocenters. The molecule has 10 heteroatoms. The summed E-state index contributed by atoms with van der Waals surface area (Å²) in [6, 6.07) is 0. The number of ketones is 1. The Labute approximate surface area is 111 Å². The second-order valence-electron chi connectivity index (χ2n) is 5.47. The van der Waals surface area contributed by atoms with Crippen LogP contribution in [0.25, 0.3) is 0 Å². The highest BCUT2D eigenvalue weighted by molar-refractivity contribution is 5.92. The third kappa shape index (κ3) is 1.08. The van der Waals surface area contributed by atoms with Crippen molar-refractivity contribution >= 4 is 11.7 Å². The molecule has 0 aromatic carbocycles. The van der Waals surface area contributed by atoms with Gasteiger partial charge in [0, 0.05) is 0 Å². The molecule has 4 aliphatic heterocycles. The number of carbonyl (C=O) groups excluding carboxylic acids is 1. The van der Waals surface area contributed by atoms with Gasteiger partial charge in [0.05, 0.1) is 5.92 Å². The number of aliphatic imine (C=N–C) groups is 1. The van der Waals surface area contributed by atoms with Crippen molar-refractivity contribution in [2.45, 2.75) is 42.2 Å². The van der Waals surface area contributed by atoms with Gasteiger partial charge in [-0.3, -0.25) is 4.79 Å². The Hall–Kier alpha value is -1.30. The number of nitrogens with two attached hydrogens (primary N) is 1. The summed E-state index contributed by atoms with van der Waals surface area (Å²) in [5.74, 6) is -4.37. The van der Waals surface area contributed by atoms with E-state index in [1.165, 1.54) is 0 Å². The summed E-state index contributed by atoms with van der Waals surface area (Å²) in [5, 5.41) is 43.4. The first kappa shape index (κ1) is 12.4. The molecule has 0 aromatic rings. The van der Waals surface area contributed by atoms with Gasteiger partial charge in [-0.15, -0.1) is 0 Å². The number of hydrogen-bond donors (Lipinski definition) is 6. The van der Waals surface area contributed by atoms with Crippen molar-refractivity contribution in [2.24, 2.45) is 16.6 Å². The second-order valence-corrected chi connectivity index (χ2v) is 5.47. The van der Waals surface area contributed by atoms with Crippen molar-refractivity contribution in [1.82, 2.24) is 5.32 Å². The Kier molecular flexibility index (Phi) is 2.05. The first-order chi connectivity index (χ1) is 9.31. The zero-order valence-electron chi connectivity index (χ0n) is 10.0. The van der Waals surface area contributed by atoms with Crippen LogP contribution in [-0.4, -0.2) is 74.3 Å². The largest absolute Gasteiger partial charge is 0.387 e. The Morgan fingerprint density at radius 1 is 1.25 bits per heavy atom. The molecule has 7 N–H and O–H groups in total. The van der Waals surface area contributed by atoms with Gasteiger partial charge >= 0.3 is 5.97 Å². The second kappa shape index (κ2) is 3.30. The average molecular weight is 287 g/mol. The lowest BCUT2D eigenvalue weighted by atomic mass is 9.59. The molecule has 5 aliphatic rings. The third-order valence-electron chi connectivity index (χ3n) is 4.54. The van der Waals surface area contributed by atoms with Crippen molar-refractivity contribution in [3.8, 4) is 0 Å². The lowest BCUT2D eigenvalue weighted by molar-refractivity contribution is -0.496. The number of aliphatic hydroxyl groups is 4. The zero-order chi connectivity index (χ0) is 14.4. The topological polar surface area (TPSA) is 167 Å². The van der Waals surface area contributed by atoms with E-state index in [1.807, 2.05) is 0 Å². The summed E-state index contributed by atoms with van der Waals surface area (Å²) in [5.41, 5.74) is 3.87. The number of ether oxygens (including phenoxy) is 2. The lowest BCUT2D eigenvalue weighted by Gasteiger charge is -2.66. The fourth-order valence-corrected chi connectivity index (χ4v) is 3.72. The number of hydrogen-bond acceptors (Lipinski definition) is 10. The van der Waals surface area contributed by atoms with Gasteiger partial charge < -0.3 is 41.0 Å². The number of Topliss-reactive ketones (excluding diaryl/α,β-unsaturated/α-hetero) is 1. The van der Waals surface area contributed by atoms with Gasteiger partial charge in [-0.25, -0.2) is 4.99 Å². The van der Waals surface area contributed by atoms with Gasteiger partial charge in [-0.05, 0) is 0 Å². The molecule has 0 aromatic heterocycles. The Morgan fingerprint density at radius 2 is 1.90 bits per heavy atom. The monoisotopic (exact) mass is 287 g/mol. The fraction of sp³-hybridized carbons (Fsp3) is 0.800. The van der Waals surface area contributed by atoms with Gasteiger partial charge in [0.25, 0.3) is 0 Å². The molecule has 0 radical (unpaired) electrons. The molecule has 5 rings (SSSR count). The first-order valence-electron chi connectivity index (χ1n) is 6.08. The minimum Gasteiger partial charge on any atom is -0.387 e. The van der Waals surface area contributed by atoms with Crippen molar-refractivity contribution in [3.05, 3.63) is 0 Å². The minimum atomic E-state index is -2.44. The van der Waals surface area contributed by atoms with Gasteiger partial charge in [-0.2, -0.15) is 0 Å². The van der Waals surface area contributed by atoms with E-state index in [0.717, 1.165) is 0 Å². The Balaban J connectivity index is 1.95. The van der Waals surface area contributed by atoms with Crippen LogP contribution in [0.1, 0.15) is 0 Å². The molecular formula is C10H13N3O7. The SMILES string of the molecule is NC1=N[C@H](O)[C@H]2[C@H]3O[C@]4(O)O[C@H](C3=O)[C@@H](O)[C@@]2(N1)[C@@H]4O. The van der Waals surface area contributed by atoms with Gasteiger partial charge in [0.1, 0.15) is 17.7 Å². The van der Waals surface area contributed by atoms with E-state index in [-0.39, 0.29) is 5.96 Å². The number of guanidine groups is 1. The van der Waals surface area contributed by atoms with E-state index in [0.29, 0.717) is 0 Å². The van der Waals surface area contributed by atoms with Crippen LogP contribution in [0, 0.1) is 5.92 Å². The molecule has 1 aliphatic carbocycles. The van der Waals surface area contributed by atoms with Crippen molar-refractivity contribution in [3.63, 3.8) is 0 Å². The van der Waals surface area contributed by atoms with Crippen LogP contribution in [0.2, 0.25) is 0 Å². The standard InChI is InChI=1S/C10H13N3O7/c11-8-12-6(16)1-3-2(14)4-5(15)9(1,13-8)7(17)10(18,19-3)20-4/h1,3-7,15-18H,(H3,11,12,13)/t1-,3-,4-,5-,6-,7+,9-,10+/m1/s1. The van der Waals surface area contributed by atoms with E-state index in [2.05, 4.69) is 10.3 Å². The molecular weight excluding hydrogens is 274 g/mol. The summed E-state index contributed by atoms with van der Waals surface area (Å²) >= 11 is 0. The zero-order valence-corrected chi connectivity index (χ0v) is 10.0. The van der Waals surface area contributed by atoms with Crippen LogP contribution in [0.5, 0.6) is 0 Å². The molecule has 4 bridgehead atoms. The lowest BCUT2D eigenvalue weighted by Crippen LogP contribution is -2.92. The van der Waals surface area contributed by atoms with Crippen LogP contribution in [-0.2, 0) is 14.3 Å². The van der Waals surface area contributed by atoms with Crippen LogP contribution >= 0.6 is 0 Å². The van der Waals surface area contributed by atoms with E-state index in [1.54, 1.807) is 0 Å².